The van der Waals surface area contributed by atoms with Crippen LogP contribution in [0.1, 0.15) is 0 Å². The van der Waals surface area contributed by atoms with Crippen molar-refractivity contribution in [2.24, 2.45) is 0 Å². The van der Waals surface area contributed by atoms with Crippen molar-refractivity contribution in [3.8, 4) is 16.9 Å². The van der Waals surface area contributed by atoms with Crippen LogP contribution in [0.25, 0.3) is 11.1 Å². The molecule has 5 heteroatoms. The van der Waals surface area contributed by atoms with Crippen molar-refractivity contribution < 1.29 is 14.0 Å². The molecule has 0 bridgehead atoms. The van der Waals surface area contributed by atoms with Gasteiger partial charge in [0.25, 0.3) is 0 Å². The average Bonchev–Trinajstić information content (AvgIpc) is 2.29. The van der Waals surface area contributed by atoms with E-state index < -0.39 is 7.60 Å². The third-order valence-electron chi connectivity index (χ3n) is 2.61. The van der Waals surface area contributed by atoms with Crippen LogP contribution in [-0.4, -0.2) is 34.5 Å². The Hall–Kier alpha value is -0.570. The second-order valence-electron chi connectivity index (χ2n) is 3.63. The van der Waals surface area contributed by atoms with Crippen LogP contribution >= 0.6 is 7.60 Å². The third kappa shape index (κ3) is 2.10. The summed E-state index contributed by atoms with van der Waals surface area (Å²) in [6.07, 6.45) is 0. The average molecular weight is 256 g/mol. The summed E-state index contributed by atoms with van der Waals surface area (Å²) in [5.74, 6) is 0.465. The van der Waals surface area contributed by atoms with Gasteiger partial charge in [-0.3, -0.25) is 0 Å². The Kier molecular flexibility index (Phi) is 3.48. The van der Waals surface area contributed by atoms with Crippen molar-refractivity contribution in [2.45, 2.75) is 0 Å². The van der Waals surface area contributed by atoms with Crippen LogP contribution in [0.2, 0.25) is 0 Å². The first-order valence-electron chi connectivity index (χ1n) is 4.90. The van der Waals surface area contributed by atoms with Crippen LogP contribution in [0.3, 0.4) is 0 Å². The Morgan fingerprint density at radius 2 is 1.53 bits per heavy atom. The van der Waals surface area contributed by atoms with Crippen LogP contribution < -0.4 is 9.83 Å². The molecular formula is C12H10NaO3P. The Balaban J connectivity index is 0.00000108. The molecule has 82 valence electrons. The summed E-state index contributed by atoms with van der Waals surface area (Å²) in [4.78, 5) is 9.81. The van der Waals surface area contributed by atoms with Gasteiger partial charge >= 0.3 is 37.2 Å². The zero-order chi connectivity index (χ0) is 11.2. The van der Waals surface area contributed by atoms with E-state index in [0.29, 0.717) is 11.1 Å². The molecule has 0 aliphatic carbocycles. The first-order chi connectivity index (χ1) is 7.68. The zero-order valence-corrected chi connectivity index (χ0v) is 9.22. The molecule has 1 aliphatic rings. The normalized spacial score (nSPS) is 20.5. The molecule has 2 aromatic rings. The van der Waals surface area contributed by atoms with Gasteiger partial charge in [-0.25, -0.2) is 4.57 Å². The van der Waals surface area contributed by atoms with Gasteiger partial charge in [-0.15, -0.1) is 0 Å². The summed E-state index contributed by atoms with van der Waals surface area (Å²) >= 11 is 0. The minimum atomic E-state index is -3.71. The van der Waals surface area contributed by atoms with Gasteiger partial charge in [0.05, 0.1) is 5.30 Å². The molecule has 1 N–H and O–H groups in total. The molecule has 1 aliphatic heterocycles. The summed E-state index contributed by atoms with van der Waals surface area (Å²) in [5, 5.41) is 0.369. The van der Waals surface area contributed by atoms with Gasteiger partial charge in [0.2, 0.25) is 0 Å². The Labute approximate surface area is 121 Å². The second-order valence-corrected chi connectivity index (χ2v) is 5.33. The van der Waals surface area contributed by atoms with Gasteiger partial charge in [0.1, 0.15) is 5.75 Å². The molecule has 17 heavy (non-hydrogen) atoms. The quantitative estimate of drug-likeness (QED) is 0.578. The van der Waals surface area contributed by atoms with Crippen molar-refractivity contribution in [3.05, 3.63) is 48.5 Å². The molecule has 3 nitrogen and oxygen atoms in total. The van der Waals surface area contributed by atoms with Gasteiger partial charge in [0, 0.05) is 11.1 Å². The van der Waals surface area contributed by atoms with E-state index in [1.807, 2.05) is 24.3 Å². The van der Waals surface area contributed by atoms with E-state index in [1.54, 1.807) is 24.3 Å². The molecular weight excluding hydrogens is 246 g/mol. The molecule has 0 amide bonds. The second kappa shape index (κ2) is 4.60. The number of fused-ring (bicyclic) bond motifs is 3. The molecule has 0 saturated carbocycles. The number of para-hydroxylation sites is 1. The fraction of sp³-hybridized carbons (Fsp3) is 0. The van der Waals surface area contributed by atoms with E-state index in [4.69, 9.17) is 4.52 Å². The number of benzene rings is 2. The van der Waals surface area contributed by atoms with Crippen molar-refractivity contribution in [2.75, 3.05) is 0 Å². The summed E-state index contributed by atoms with van der Waals surface area (Å²) in [5.41, 5.74) is 1.63. The molecule has 2 aromatic carbocycles. The Morgan fingerprint density at radius 1 is 0.941 bits per heavy atom. The predicted molar refractivity (Wildman–Crippen MR) is 69.1 cm³/mol. The van der Waals surface area contributed by atoms with E-state index in [1.165, 1.54) is 0 Å². The molecule has 3 rings (SSSR count). The van der Waals surface area contributed by atoms with Gasteiger partial charge in [-0.2, -0.15) is 0 Å². The Bertz CT molecular complexity index is 612. The van der Waals surface area contributed by atoms with E-state index in [9.17, 15) is 9.46 Å². The molecule has 0 fully saturated rings. The van der Waals surface area contributed by atoms with E-state index in [0.717, 1.165) is 11.1 Å². The molecule has 1 unspecified atom stereocenters. The predicted octanol–water partition coefficient (Wildman–Crippen LogP) is 1.91. The first-order valence-corrected chi connectivity index (χ1v) is 6.48. The van der Waals surface area contributed by atoms with Crippen molar-refractivity contribution >= 4 is 42.5 Å². The first kappa shape index (κ1) is 12.9. The van der Waals surface area contributed by atoms with E-state index >= 15 is 0 Å². The van der Waals surface area contributed by atoms with Gasteiger partial charge < -0.3 is 9.42 Å². The molecule has 1 atom stereocenters. The standard InChI is InChI=1S/C12H9O3P.Na.H/c13-16(14)12-8-4-2-6-10(12)9-5-1-3-7-11(9)15-16;;/h1-8H,(H,13,14);;. The van der Waals surface area contributed by atoms with Crippen molar-refractivity contribution in [1.29, 1.82) is 0 Å². The van der Waals surface area contributed by atoms with Crippen LogP contribution in [0.5, 0.6) is 5.75 Å². The molecule has 1 heterocycles. The van der Waals surface area contributed by atoms with Crippen molar-refractivity contribution in [1.82, 2.24) is 0 Å². The third-order valence-corrected chi connectivity index (χ3v) is 4.05. The van der Waals surface area contributed by atoms with E-state index in [2.05, 4.69) is 0 Å². The fourth-order valence-corrected chi connectivity index (χ4v) is 3.20. The summed E-state index contributed by atoms with van der Waals surface area (Å²) in [7, 11) is -3.71. The molecule has 0 spiro atoms. The van der Waals surface area contributed by atoms with Crippen molar-refractivity contribution in [3.63, 3.8) is 0 Å². The number of rotatable bonds is 0. The summed E-state index contributed by atoms with van der Waals surface area (Å²) < 4.78 is 17.1. The minimum absolute atomic E-state index is 0. The van der Waals surface area contributed by atoms with Gasteiger partial charge in [-0.05, 0) is 12.1 Å². The van der Waals surface area contributed by atoms with Crippen LogP contribution in [0.15, 0.2) is 48.5 Å². The molecule has 0 saturated heterocycles. The zero-order valence-electron chi connectivity index (χ0n) is 8.33. The summed E-state index contributed by atoms with van der Waals surface area (Å²) in [6, 6.07) is 14.3. The van der Waals surface area contributed by atoms with Gasteiger partial charge in [-0.1, -0.05) is 36.4 Å². The van der Waals surface area contributed by atoms with Crippen LogP contribution in [0, 0.1) is 0 Å². The molecule has 0 aromatic heterocycles. The SMILES string of the molecule is O=P1(O)Oc2ccccc2-c2ccccc21.[NaH]. The number of hydrogen-bond acceptors (Lipinski definition) is 2. The summed E-state index contributed by atoms with van der Waals surface area (Å²) in [6.45, 7) is 0. The maximum atomic E-state index is 12.0. The topological polar surface area (TPSA) is 46.5 Å². The Morgan fingerprint density at radius 3 is 2.29 bits per heavy atom. The monoisotopic (exact) mass is 256 g/mol. The maximum absolute atomic E-state index is 12.0. The van der Waals surface area contributed by atoms with E-state index in [-0.39, 0.29) is 29.6 Å². The fourth-order valence-electron chi connectivity index (χ4n) is 1.90. The molecule has 0 radical (unpaired) electrons. The van der Waals surface area contributed by atoms with Crippen LogP contribution in [-0.2, 0) is 4.57 Å². The number of hydrogen-bond donors (Lipinski definition) is 1. The van der Waals surface area contributed by atoms with Gasteiger partial charge in [0.15, 0.2) is 0 Å². The van der Waals surface area contributed by atoms with Crippen LogP contribution in [0.4, 0.5) is 0 Å².